The molecule has 5 rings (SSSR count). The van der Waals surface area contributed by atoms with Crippen LogP contribution in [0.25, 0.3) is 0 Å². The van der Waals surface area contributed by atoms with Crippen LogP contribution in [0.4, 0.5) is 0 Å². The van der Waals surface area contributed by atoms with Gasteiger partial charge in [-0.15, -0.1) is 0 Å². The number of carboxylic acid groups (broad SMARTS) is 2. The molecule has 36 heteroatoms. The molecule has 36 nitrogen and oxygen atoms in total. The second kappa shape index (κ2) is 28.0. The van der Waals surface area contributed by atoms with Crippen LogP contribution in [0, 0.1) is 0 Å². The van der Waals surface area contributed by atoms with E-state index >= 15 is 0 Å². The zero-order valence-corrected chi connectivity index (χ0v) is 43.0. The highest BCUT2D eigenvalue weighted by Crippen LogP contribution is 2.42. The summed E-state index contributed by atoms with van der Waals surface area (Å²) >= 11 is 0. The summed E-state index contributed by atoms with van der Waals surface area (Å²) in [4.78, 5) is 76.6. The van der Waals surface area contributed by atoms with Gasteiger partial charge in [-0.05, 0) is 0 Å². The van der Waals surface area contributed by atoms with Crippen LogP contribution in [0.1, 0.15) is 40.5 Å². The van der Waals surface area contributed by atoms with Gasteiger partial charge in [-0.1, -0.05) is 0 Å². The normalized spacial score (nSPS) is 42.0. The molecule has 0 bridgehead atoms. The van der Waals surface area contributed by atoms with Gasteiger partial charge in [0.2, 0.25) is 17.7 Å². The summed E-state index contributed by atoms with van der Waals surface area (Å²) < 4.78 is 57.2. The summed E-state index contributed by atoms with van der Waals surface area (Å²) in [6, 6.07) is -5.62. The van der Waals surface area contributed by atoms with Crippen LogP contribution in [0.2, 0.25) is 0 Å². The van der Waals surface area contributed by atoms with Crippen molar-refractivity contribution in [3.05, 3.63) is 0 Å². The van der Waals surface area contributed by atoms with E-state index in [4.69, 9.17) is 47.4 Å². The molecule has 27 atom stereocenters. The van der Waals surface area contributed by atoms with Gasteiger partial charge in [-0.3, -0.25) is 19.2 Å². The molecule has 20 N–H and O–H groups in total. The lowest BCUT2D eigenvalue weighted by Gasteiger charge is -2.52. The molecule has 0 aromatic carbocycles. The van der Waals surface area contributed by atoms with Crippen molar-refractivity contribution < 1.29 is 163 Å². The number of carbonyl (C=O) groups is 6. The third-order valence-electron chi connectivity index (χ3n) is 13.8. The predicted molar refractivity (Wildman–Crippen MR) is 245 cm³/mol. The third-order valence-corrected chi connectivity index (χ3v) is 13.8. The van der Waals surface area contributed by atoms with E-state index in [-0.39, 0.29) is 0 Å². The SMILES string of the molecule is CC(=O)N[C@H]1[C@H](O[C@@H]2[C@H](O[C@]3(C(=O)O)C[C@H](O)[C@@H](NC(C)=O)[C@H]([C@H](O)[C@@H](CO)O[C@]4(C(=O)O)C[C@H](O)[C@@H](NC(C)=O)[C@H]([C@H](O)[C@H](O)CO)O4)O3)[C@@H](O)[C@H](O[C@H]3[C@H](O)[C@@H](O)[C@H](O)O[C@@H]3CO)O[C@@H]2COC(C)=O)O[C@H](CO)[C@H](O)[C@@H]1O. The third kappa shape index (κ3) is 14.8. The Kier molecular flexibility index (Phi) is 23.3. The number of aliphatic carboxylic acids is 2. The number of hydrogen-bond acceptors (Lipinski definition) is 31. The minimum absolute atomic E-state index is 0.873. The molecule has 0 radical (unpaired) electrons. The van der Waals surface area contributed by atoms with E-state index in [0.717, 1.165) is 27.7 Å². The van der Waals surface area contributed by atoms with Crippen LogP contribution in [0.3, 0.4) is 0 Å². The van der Waals surface area contributed by atoms with Crippen molar-refractivity contribution in [3.63, 3.8) is 0 Å². The monoisotopic (exact) mass is 1170 g/mol. The molecule has 3 amide bonds. The number of carboxylic acids is 2. The van der Waals surface area contributed by atoms with Gasteiger partial charge >= 0.3 is 17.9 Å². The predicted octanol–water partition coefficient (Wildman–Crippen LogP) is -12.5. The largest absolute Gasteiger partial charge is 0.477 e. The van der Waals surface area contributed by atoms with E-state index in [0.29, 0.717) is 0 Å². The number of aliphatic hydroxyl groups excluding tert-OH is 15. The fraction of sp³-hybridized carbons (Fsp3) is 0.864. The summed E-state index contributed by atoms with van der Waals surface area (Å²) in [6.45, 7) is -2.19. The zero-order valence-electron chi connectivity index (χ0n) is 43.0. The maximum absolute atomic E-state index is 13.9. The molecular formula is C44H71N3O33. The molecule has 0 spiro atoms. The van der Waals surface area contributed by atoms with E-state index in [9.17, 15) is 116 Å². The standard InChI is InChI=1S/C44H71N3O33/c1-12(52)45-23-16(56)5-43(41(67)68,78-35(23)26(59)18(58)7-48)77-20(9-50)28(61)36-24(46-13(2)53)17(57)6-44(79-36,42(69)70)80-37-32(65)40(75-33-21(10-51)72-38(66)31(64)30(33)63)74-22(11-71-15(4)55)34(37)76-39-25(47-14(3)54)29(62)27(60)19(8-49)73-39/h16-40,48-51,56-66H,5-11H2,1-4H3,(H,45,52)(H,46,53)(H,47,54)(H,67,68)(H,69,70)/t16-,17-,18+,19+,20+,21+,22+,23+,24+,25+,26+,27-,28+,29+,30+,31+,32+,33+,34-,35+,36+,37+,38+,39-,40-,43+,44-/m0/s1. The summed E-state index contributed by atoms with van der Waals surface area (Å²) in [5, 5.41) is 191. The van der Waals surface area contributed by atoms with E-state index < -0.39 is 246 Å². The second-order valence-corrected chi connectivity index (χ2v) is 19.6. The molecule has 80 heavy (non-hydrogen) atoms. The van der Waals surface area contributed by atoms with Gasteiger partial charge in [0.15, 0.2) is 18.9 Å². The number of amides is 3. The molecule has 5 aliphatic rings. The zero-order chi connectivity index (χ0) is 60.0. The van der Waals surface area contributed by atoms with Crippen LogP contribution in [-0.2, 0) is 76.1 Å². The Balaban J connectivity index is 1.65. The van der Waals surface area contributed by atoms with Gasteiger partial charge in [0, 0.05) is 40.5 Å². The van der Waals surface area contributed by atoms with Gasteiger partial charge in [0.05, 0.1) is 50.7 Å². The molecule has 5 saturated heterocycles. The molecule has 0 aliphatic carbocycles. The molecule has 460 valence electrons. The Morgan fingerprint density at radius 3 is 1.55 bits per heavy atom. The number of nitrogens with one attached hydrogen (secondary N) is 3. The van der Waals surface area contributed by atoms with Crippen molar-refractivity contribution in [2.24, 2.45) is 0 Å². The van der Waals surface area contributed by atoms with E-state index in [1.807, 2.05) is 0 Å². The first-order chi connectivity index (χ1) is 37.4. The average Bonchev–Trinajstić information content (AvgIpc) is 3.60. The Labute approximate surface area is 452 Å². The molecule has 0 aromatic heterocycles. The van der Waals surface area contributed by atoms with Gasteiger partial charge in [-0.2, -0.15) is 0 Å². The van der Waals surface area contributed by atoms with Gasteiger partial charge in [0.25, 0.3) is 11.6 Å². The van der Waals surface area contributed by atoms with Crippen molar-refractivity contribution in [2.45, 2.75) is 205 Å². The lowest BCUT2D eigenvalue weighted by Crippen LogP contribution is -2.72. The summed E-state index contributed by atoms with van der Waals surface area (Å²) in [5.41, 5.74) is 0. The first-order valence-corrected chi connectivity index (χ1v) is 24.7. The molecule has 5 aliphatic heterocycles. The van der Waals surface area contributed by atoms with Crippen molar-refractivity contribution in [1.82, 2.24) is 16.0 Å². The van der Waals surface area contributed by atoms with Crippen LogP contribution in [0.5, 0.6) is 0 Å². The number of rotatable bonds is 23. The highest BCUT2D eigenvalue weighted by molar-refractivity contribution is 5.77. The Bertz CT molecular complexity index is 2120. The minimum Gasteiger partial charge on any atom is -0.477 e. The van der Waals surface area contributed by atoms with Gasteiger partial charge < -0.3 is 150 Å². The van der Waals surface area contributed by atoms with Gasteiger partial charge in [0.1, 0.15) is 116 Å². The minimum atomic E-state index is -3.57. The summed E-state index contributed by atoms with van der Waals surface area (Å²) in [5.74, 6) is -15.2. The molecule has 5 fully saturated rings. The number of aliphatic hydroxyl groups is 15. The Morgan fingerprint density at radius 1 is 0.550 bits per heavy atom. The molecule has 5 heterocycles. The van der Waals surface area contributed by atoms with E-state index in [1.54, 1.807) is 0 Å². The quantitative estimate of drug-likeness (QED) is 0.0423. The fourth-order valence-electron chi connectivity index (χ4n) is 9.83. The van der Waals surface area contributed by atoms with Crippen molar-refractivity contribution in [2.75, 3.05) is 33.0 Å². The van der Waals surface area contributed by atoms with Crippen molar-refractivity contribution in [1.29, 1.82) is 0 Å². The molecule has 0 unspecified atom stereocenters. The summed E-state index contributed by atoms with van der Waals surface area (Å²) in [6.07, 6.45) is -51.3. The Hall–Kier alpha value is -4.14. The van der Waals surface area contributed by atoms with Crippen LogP contribution in [0.15, 0.2) is 0 Å². The summed E-state index contributed by atoms with van der Waals surface area (Å²) in [7, 11) is 0. The van der Waals surface area contributed by atoms with Crippen molar-refractivity contribution in [3.8, 4) is 0 Å². The first-order valence-electron chi connectivity index (χ1n) is 24.7. The van der Waals surface area contributed by atoms with Crippen LogP contribution < -0.4 is 16.0 Å². The fourth-order valence-corrected chi connectivity index (χ4v) is 9.83. The highest BCUT2D eigenvalue weighted by atomic mass is 16.8. The highest BCUT2D eigenvalue weighted by Gasteiger charge is 2.63. The number of hydrogen-bond donors (Lipinski definition) is 20. The van der Waals surface area contributed by atoms with Crippen molar-refractivity contribution >= 4 is 35.6 Å². The maximum atomic E-state index is 13.9. The Morgan fingerprint density at radius 2 is 1.05 bits per heavy atom. The van der Waals surface area contributed by atoms with Crippen LogP contribution >= 0.6 is 0 Å². The maximum Gasteiger partial charge on any atom is 0.364 e. The van der Waals surface area contributed by atoms with Crippen LogP contribution in [-0.4, -0.2) is 320 Å². The van der Waals surface area contributed by atoms with E-state index in [1.165, 1.54) is 0 Å². The van der Waals surface area contributed by atoms with Gasteiger partial charge in [-0.25, -0.2) is 9.59 Å². The average molecular weight is 1170 g/mol. The lowest BCUT2D eigenvalue weighted by atomic mass is 9.87. The number of esters is 1. The molecule has 0 saturated carbocycles. The smallest absolute Gasteiger partial charge is 0.364 e. The number of carbonyl (C=O) groups excluding carboxylic acids is 4. The topological polar surface area (TPSA) is 575 Å². The molecule has 0 aromatic rings. The lowest BCUT2D eigenvalue weighted by molar-refractivity contribution is -0.401. The second-order valence-electron chi connectivity index (χ2n) is 19.6. The number of ether oxygens (including phenoxy) is 10. The van der Waals surface area contributed by atoms with E-state index in [2.05, 4.69) is 16.0 Å². The first kappa shape index (κ1) is 66.7. The molecular weight excluding hydrogens is 1100 g/mol.